The van der Waals surface area contributed by atoms with Crippen molar-refractivity contribution in [3.05, 3.63) is 68.0 Å². The van der Waals surface area contributed by atoms with Crippen LogP contribution in [0, 0.1) is 6.92 Å². The zero-order valence-corrected chi connectivity index (χ0v) is 17.5. The molecule has 0 aromatic carbocycles. The van der Waals surface area contributed by atoms with Gasteiger partial charge >= 0.3 is 5.97 Å². The molecule has 4 aromatic rings. The SMILES string of the molecule is Cc1nc2[nH]cc(C(C)c3ccc(C(=O)N[C@@H](Cc4cnc[nH]4)C(=O)O)s3)c2c(=O)[nH]1. The van der Waals surface area contributed by atoms with Gasteiger partial charge < -0.3 is 25.4 Å². The summed E-state index contributed by atoms with van der Waals surface area (Å²) in [6, 6.07) is 2.38. The fourth-order valence-electron chi connectivity index (χ4n) is 3.42. The largest absolute Gasteiger partial charge is 0.480 e. The van der Waals surface area contributed by atoms with Crippen LogP contribution in [0.25, 0.3) is 11.0 Å². The Morgan fingerprint density at radius 2 is 2.10 bits per heavy atom. The summed E-state index contributed by atoms with van der Waals surface area (Å²) in [7, 11) is 0. The van der Waals surface area contributed by atoms with Gasteiger partial charge in [-0.1, -0.05) is 6.92 Å². The molecule has 0 saturated heterocycles. The average molecular weight is 440 g/mol. The molecule has 0 radical (unpaired) electrons. The average Bonchev–Trinajstić information content (AvgIpc) is 3.47. The van der Waals surface area contributed by atoms with Crippen LogP contribution in [0.1, 0.15) is 44.5 Å². The van der Waals surface area contributed by atoms with E-state index >= 15 is 0 Å². The van der Waals surface area contributed by atoms with E-state index in [1.807, 2.05) is 13.0 Å². The number of rotatable bonds is 7. The molecule has 0 saturated carbocycles. The number of aromatic amines is 3. The van der Waals surface area contributed by atoms with Gasteiger partial charge in [0, 0.05) is 35.3 Å². The van der Waals surface area contributed by atoms with Gasteiger partial charge in [0.1, 0.15) is 17.5 Å². The molecule has 1 unspecified atom stereocenters. The summed E-state index contributed by atoms with van der Waals surface area (Å²) < 4.78 is 0. The molecule has 10 nitrogen and oxygen atoms in total. The molecule has 0 spiro atoms. The highest BCUT2D eigenvalue weighted by Gasteiger charge is 2.24. The third-order valence-electron chi connectivity index (χ3n) is 5.02. The van der Waals surface area contributed by atoms with Crippen LogP contribution in [-0.4, -0.2) is 47.9 Å². The van der Waals surface area contributed by atoms with E-state index in [0.717, 1.165) is 10.4 Å². The van der Waals surface area contributed by atoms with Crippen LogP contribution < -0.4 is 10.9 Å². The van der Waals surface area contributed by atoms with Crippen molar-refractivity contribution in [3.8, 4) is 0 Å². The van der Waals surface area contributed by atoms with Crippen LogP contribution in [0.15, 0.2) is 35.6 Å². The number of carbonyl (C=O) groups excluding carboxylic acids is 1. The lowest BCUT2D eigenvalue weighted by molar-refractivity contribution is -0.139. The highest BCUT2D eigenvalue weighted by atomic mass is 32.1. The Labute approximate surface area is 179 Å². The minimum Gasteiger partial charge on any atom is -0.480 e. The number of hydrogen-bond acceptors (Lipinski definition) is 6. The van der Waals surface area contributed by atoms with E-state index in [-0.39, 0.29) is 17.9 Å². The Morgan fingerprint density at radius 1 is 1.29 bits per heavy atom. The molecule has 0 aliphatic rings. The summed E-state index contributed by atoms with van der Waals surface area (Å²) in [4.78, 5) is 54.6. The van der Waals surface area contributed by atoms with Gasteiger partial charge in [-0.15, -0.1) is 11.3 Å². The Hall–Kier alpha value is -3.73. The molecule has 160 valence electrons. The number of aliphatic carboxylic acids is 1. The van der Waals surface area contributed by atoms with E-state index in [0.29, 0.717) is 27.4 Å². The van der Waals surface area contributed by atoms with Crippen LogP contribution in [0.5, 0.6) is 0 Å². The van der Waals surface area contributed by atoms with E-state index in [4.69, 9.17) is 0 Å². The maximum Gasteiger partial charge on any atom is 0.326 e. The number of imidazole rings is 1. The van der Waals surface area contributed by atoms with Crippen molar-refractivity contribution in [1.82, 2.24) is 30.2 Å². The van der Waals surface area contributed by atoms with Crippen LogP contribution >= 0.6 is 11.3 Å². The van der Waals surface area contributed by atoms with Crippen molar-refractivity contribution < 1.29 is 14.7 Å². The van der Waals surface area contributed by atoms with Crippen LogP contribution in [0.3, 0.4) is 0 Å². The lowest BCUT2D eigenvalue weighted by atomic mass is 10.0. The van der Waals surface area contributed by atoms with Gasteiger partial charge in [0.15, 0.2) is 0 Å². The number of nitrogens with zero attached hydrogens (tertiary/aromatic N) is 2. The first kappa shape index (κ1) is 20.5. The molecule has 5 N–H and O–H groups in total. The molecule has 4 heterocycles. The maximum absolute atomic E-state index is 12.7. The lowest BCUT2D eigenvalue weighted by Gasteiger charge is -2.13. The second-order valence-corrected chi connectivity index (χ2v) is 8.30. The molecular weight excluding hydrogens is 420 g/mol. The molecule has 0 aliphatic heterocycles. The zero-order valence-electron chi connectivity index (χ0n) is 16.7. The van der Waals surface area contributed by atoms with Gasteiger partial charge in [0.2, 0.25) is 0 Å². The number of amides is 1. The van der Waals surface area contributed by atoms with Crippen molar-refractivity contribution in [2.45, 2.75) is 32.2 Å². The number of thiophene rings is 1. The number of carbonyl (C=O) groups is 2. The van der Waals surface area contributed by atoms with Gasteiger partial charge in [0.05, 0.1) is 16.6 Å². The normalized spacial score (nSPS) is 13.2. The lowest BCUT2D eigenvalue weighted by Crippen LogP contribution is -2.42. The smallest absolute Gasteiger partial charge is 0.326 e. The van der Waals surface area contributed by atoms with Gasteiger partial charge in [-0.3, -0.25) is 9.59 Å². The molecule has 1 amide bonds. The molecule has 4 aromatic heterocycles. The van der Waals surface area contributed by atoms with Crippen LogP contribution in [-0.2, 0) is 11.2 Å². The van der Waals surface area contributed by atoms with E-state index < -0.39 is 17.9 Å². The Bertz CT molecular complexity index is 1300. The van der Waals surface area contributed by atoms with E-state index in [1.165, 1.54) is 23.9 Å². The highest BCUT2D eigenvalue weighted by Crippen LogP contribution is 2.32. The first-order valence-electron chi connectivity index (χ1n) is 9.52. The maximum atomic E-state index is 12.7. The summed E-state index contributed by atoms with van der Waals surface area (Å²) in [6.45, 7) is 3.65. The summed E-state index contributed by atoms with van der Waals surface area (Å²) >= 11 is 1.25. The Morgan fingerprint density at radius 3 is 2.81 bits per heavy atom. The minimum absolute atomic E-state index is 0.0975. The van der Waals surface area contributed by atoms with Gasteiger partial charge in [0.25, 0.3) is 11.5 Å². The van der Waals surface area contributed by atoms with E-state index in [9.17, 15) is 19.5 Å². The molecule has 4 rings (SSSR count). The van der Waals surface area contributed by atoms with Gasteiger partial charge in [-0.2, -0.15) is 0 Å². The van der Waals surface area contributed by atoms with Crippen molar-refractivity contribution >= 4 is 34.2 Å². The molecule has 0 fully saturated rings. The Kier molecular flexibility index (Phi) is 5.42. The van der Waals surface area contributed by atoms with Crippen LogP contribution in [0.2, 0.25) is 0 Å². The number of carboxylic acids is 1. The number of H-pyrrole nitrogens is 3. The van der Waals surface area contributed by atoms with E-state index in [1.54, 1.807) is 19.2 Å². The van der Waals surface area contributed by atoms with Crippen LogP contribution in [0.4, 0.5) is 0 Å². The number of aryl methyl sites for hydroxylation is 1. The first-order valence-corrected chi connectivity index (χ1v) is 10.3. The topological polar surface area (TPSA) is 157 Å². The quantitative estimate of drug-likeness (QED) is 0.295. The van der Waals surface area contributed by atoms with Crippen molar-refractivity contribution in [2.24, 2.45) is 0 Å². The Balaban J connectivity index is 1.54. The van der Waals surface area contributed by atoms with E-state index in [2.05, 4.69) is 30.2 Å². The van der Waals surface area contributed by atoms with Crippen molar-refractivity contribution in [3.63, 3.8) is 0 Å². The first-order chi connectivity index (χ1) is 14.8. The predicted molar refractivity (Wildman–Crippen MR) is 114 cm³/mol. The number of aromatic nitrogens is 5. The molecule has 0 aliphatic carbocycles. The third-order valence-corrected chi connectivity index (χ3v) is 6.28. The fraction of sp³-hybridized carbons (Fsp3) is 0.250. The van der Waals surface area contributed by atoms with Crippen molar-refractivity contribution in [1.29, 1.82) is 0 Å². The molecular formula is C20H20N6O4S. The second kappa shape index (κ2) is 8.19. The highest BCUT2D eigenvalue weighted by molar-refractivity contribution is 7.14. The molecule has 31 heavy (non-hydrogen) atoms. The third kappa shape index (κ3) is 4.12. The monoisotopic (exact) mass is 440 g/mol. The number of carboxylic acid groups (broad SMARTS) is 1. The zero-order chi connectivity index (χ0) is 22.1. The number of nitrogens with one attached hydrogen (secondary N) is 4. The van der Waals surface area contributed by atoms with Gasteiger partial charge in [-0.25, -0.2) is 14.8 Å². The number of fused-ring (bicyclic) bond motifs is 1. The fourth-order valence-corrected chi connectivity index (χ4v) is 4.41. The molecule has 2 atom stereocenters. The van der Waals surface area contributed by atoms with Crippen molar-refractivity contribution in [2.75, 3.05) is 0 Å². The summed E-state index contributed by atoms with van der Waals surface area (Å²) in [6.07, 6.45) is 4.82. The molecule has 0 bridgehead atoms. The minimum atomic E-state index is -1.13. The van der Waals surface area contributed by atoms with Gasteiger partial charge in [-0.05, 0) is 24.6 Å². The predicted octanol–water partition coefficient (Wildman–Crippen LogP) is 1.92. The molecule has 11 heteroatoms. The summed E-state index contributed by atoms with van der Waals surface area (Å²) in [5.41, 5.74) is 1.69. The summed E-state index contributed by atoms with van der Waals surface area (Å²) in [5, 5.41) is 12.5. The number of hydrogen-bond donors (Lipinski definition) is 5. The second-order valence-electron chi connectivity index (χ2n) is 7.19. The summed E-state index contributed by atoms with van der Waals surface area (Å²) in [5.74, 6) is -1.23. The standard InChI is InChI=1S/C20H20N6O4S/c1-9(12-7-22-17-16(12)19(28)25-10(2)24-17)14-3-4-15(31-14)18(27)26-13(20(29)30)5-11-6-21-8-23-11/h3-4,6-9,13H,5H2,1-2H3,(H,21,23)(H,26,27)(H,29,30)(H2,22,24,25,28)/t9?,13-/m0/s1.